The molecule has 0 saturated carbocycles. The lowest BCUT2D eigenvalue weighted by Crippen LogP contribution is -2.26. The SMILES string of the molecule is Cc1cc(CN(C)S(=O)(=O)c2cccc(C#N)c2)no1. The average Bonchev–Trinajstić information content (AvgIpc) is 2.84. The van der Waals surface area contributed by atoms with Crippen LogP contribution in [-0.2, 0) is 16.6 Å². The molecule has 0 aliphatic carbocycles. The first-order chi connectivity index (χ1) is 9.43. The molecule has 1 aromatic carbocycles. The van der Waals surface area contributed by atoms with Gasteiger partial charge in [0.1, 0.15) is 5.76 Å². The van der Waals surface area contributed by atoms with Gasteiger partial charge < -0.3 is 4.52 Å². The molecule has 0 spiro atoms. The quantitative estimate of drug-likeness (QED) is 0.855. The Morgan fingerprint density at radius 3 is 2.75 bits per heavy atom. The monoisotopic (exact) mass is 291 g/mol. The molecule has 104 valence electrons. The minimum Gasteiger partial charge on any atom is -0.361 e. The molecular weight excluding hydrogens is 278 g/mol. The predicted molar refractivity (Wildman–Crippen MR) is 71.0 cm³/mol. The van der Waals surface area contributed by atoms with Gasteiger partial charge in [-0.3, -0.25) is 0 Å². The third-order valence-corrected chi connectivity index (χ3v) is 4.53. The molecule has 0 aliphatic rings. The molecule has 0 amide bonds. The number of aryl methyl sites for hydroxylation is 1. The van der Waals surface area contributed by atoms with Gasteiger partial charge in [0.05, 0.1) is 28.8 Å². The van der Waals surface area contributed by atoms with E-state index in [0.717, 1.165) is 0 Å². The van der Waals surface area contributed by atoms with Crippen LogP contribution in [0.4, 0.5) is 0 Å². The van der Waals surface area contributed by atoms with E-state index < -0.39 is 10.0 Å². The number of benzene rings is 1. The fraction of sp³-hybridized carbons (Fsp3) is 0.231. The Hall–Kier alpha value is -2.17. The highest BCUT2D eigenvalue weighted by atomic mass is 32.2. The minimum atomic E-state index is -3.66. The van der Waals surface area contributed by atoms with Gasteiger partial charge in [-0.25, -0.2) is 8.42 Å². The van der Waals surface area contributed by atoms with Crippen LogP contribution in [0.3, 0.4) is 0 Å². The first-order valence-electron chi connectivity index (χ1n) is 5.82. The van der Waals surface area contributed by atoms with Gasteiger partial charge in [-0.2, -0.15) is 9.57 Å². The van der Waals surface area contributed by atoms with Crippen molar-refractivity contribution in [2.45, 2.75) is 18.4 Å². The van der Waals surface area contributed by atoms with Crippen molar-refractivity contribution in [1.82, 2.24) is 9.46 Å². The van der Waals surface area contributed by atoms with E-state index in [1.165, 1.54) is 23.5 Å². The molecule has 2 rings (SSSR count). The van der Waals surface area contributed by atoms with Crippen LogP contribution in [0.2, 0.25) is 0 Å². The third kappa shape index (κ3) is 2.87. The topological polar surface area (TPSA) is 87.2 Å². The Labute approximate surface area is 117 Å². The number of hydrogen-bond donors (Lipinski definition) is 0. The van der Waals surface area contributed by atoms with E-state index >= 15 is 0 Å². The number of hydrogen-bond acceptors (Lipinski definition) is 5. The Bertz CT molecular complexity index is 759. The van der Waals surface area contributed by atoms with Crippen LogP contribution < -0.4 is 0 Å². The Morgan fingerprint density at radius 2 is 2.15 bits per heavy atom. The number of rotatable bonds is 4. The molecular formula is C13H13N3O3S. The molecule has 0 saturated heterocycles. The van der Waals surface area contributed by atoms with Crippen molar-refractivity contribution in [3.05, 3.63) is 47.3 Å². The second-order valence-corrected chi connectivity index (χ2v) is 6.37. The molecule has 1 heterocycles. The second kappa shape index (κ2) is 5.45. The van der Waals surface area contributed by atoms with Crippen LogP contribution in [-0.4, -0.2) is 24.9 Å². The maximum absolute atomic E-state index is 12.4. The molecule has 0 fully saturated rings. The van der Waals surface area contributed by atoms with E-state index in [2.05, 4.69) is 5.16 Å². The van der Waals surface area contributed by atoms with E-state index in [0.29, 0.717) is 17.0 Å². The van der Waals surface area contributed by atoms with Gasteiger partial charge in [0.25, 0.3) is 0 Å². The summed E-state index contributed by atoms with van der Waals surface area (Å²) in [6.45, 7) is 1.85. The number of sulfonamides is 1. The van der Waals surface area contributed by atoms with Crippen molar-refractivity contribution < 1.29 is 12.9 Å². The van der Waals surface area contributed by atoms with Crippen molar-refractivity contribution in [3.63, 3.8) is 0 Å². The van der Waals surface area contributed by atoms with Gasteiger partial charge in [0, 0.05) is 13.1 Å². The largest absolute Gasteiger partial charge is 0.361 e. The van der Waals surface area contributed by atoms with Crippen LogP contribution >= 0.6 is 0 Å². The van der Waals surface area contributed by atoms with Crippen LogP contribution in [0.25, 0.3) is 0 Å². The Balaban J connectivity index is 2.27. The predicted octanol–water partition coefficient (Wildman–Crippen LogP) is 1.68. The zero-order chi connectivity index (χ0) is 14.8. The number of nitrogens with zero attached hydrogens (tertiary/aromatic N) is 3. The maximum atomic E-state index is 12.4. The fourth-order valence-electron chi connectivity index (χ4n) is 1.71. The van der Waals surface area contributed by atoms with Crippen LogP contribution in [0.15, 0.2) is 39.8 Å². The van der Waals surface area contributed by atoms with E-state index in [9.17, 15) is 8.42 Å². The van der Waals surface area contributed by atoms with E-state index in [4.69, 9.17) is 9.78 Å². The number of aromatic nitrogens is 1. The highest BCUT2D eigenvalue weighted by Gasteiger charge is 2.22. The lowest BCUT2D eigenvalue weighted by atomic mass is 10.2. The van der Waals surface area contributed by atoms with Crippen LogP contribution in [0, 0.1) is 18.3 Å². The zero-order valence-corrected chi connectivity index (χ0v) is 11.9. The average molecular weight is 291 g/mol. The second-order valence-electron chi connectivity index (χ2n) is 4.33. The summed E-state index contributed by atoms with van der Waals surface area (Å²) in [5.74, 6) is 0.622. The van der Waals surface area contributed by atoms with Gasteiger partial charge in [-0.15, -0.1) is 0 Å². The van der Waals surface area contributed by atoms with Crippen LogP contribution in [0.1, 0.15) is 17.0 Å². The minimum absolute atomic E-state index is 0.0827. The van der Waals surface area contributed by atoms with Gasteiger partial charge in [-0.05, 0) is 25.1 Å². The summed E-state index contributed by atoms with van der Waals surface area (Å²) < 4.78 is 30.8. The normalized spacial score (nSPS) is 11.5. The van der Waals surface area contributed by atoms with Gasteiger partial charge in [-0.1, -0.05) is 11.2 Å². The van der Waals surface area contributed by atoms with E-state index in [1.54, 1.807) is 25.1 Å². The summed E-state index contributed by atoms with van der Waals surface area (Å²) >= 11 is 0. The summed E-state index contributed by atoms with van der Waals surface area (Å²) in [7, 11) is -2.20. The van der Waals surface area contributed by atoms with Crippen molar-refractivity contribution in [3.8, 4) is 6.07 Å². The molecule has 2 aromatic rings. The molecule has 20 heavy (non-hydrogen) atoms. The highest BCUT2D eigenvalue weighted by molar-refractivity contribution is 7.89. The molecule has 0 N–H and O–H groups in total. The lowest BCUT2D eigenvalue weighted by Gasteiger charge is -2.15. The molecule has 0 unspecified atom stereocenters. The Kier molecular flexibility index (Phi) is 3.88. The first kappa shape index (κ1) is 14.2. The first-order valence-corrected chi connectivity index (χ1v) is 7.26. The molecule has 0 atom stereocenters. The summed E-state index contributed by atoms with van der Waals surface area (Å²) in [6, 6.07) is 9.50. The maximum Gasteiger partial charge on any atom is 0.243 e. The number of nitriles is 1. The van der Waals surface area contributed by atoms with Crippen molar-refractivity contribution in [2.75, 3.05) is 7.05 Å². The lowest BCUT2D eigenvalue weighted by molar-refractivity contribution is 0.378. The van der Waals surface area contributed by atoms with Crippen molar-refractivity contribution in [1.29, 1.82) is 5.26 Å². The molecule has 1 aromatic heterocycles. The third-order valence-electron chi connectivity index (χ3n) is 2.73. The molecule has 0 radical (unpaired) electrons. The van der Waals surface area contributed by atoms with E-state index in [-0.39, 0.29) is 11.4 Å². The van der Waals surface area contributed by atoms with Crippen LogP contribution in [0.5, 0.6) is 0 Å². The summed E-state index contributed by atoms with van der Waals surface area (Å²) in [4.78, 5) is 0.0827. The molecule has 0 bridgehead atoms. The zero-order valence-electron chi connectivity index (χ0n) is 11.1. The van der Waals surface area contributed by atoms with Crippen molar-refractivity contribution >= 4 is 10.0 Å². The van der Waals surface area contributed by atoms with Gasteiger partial charge in [0.15, 0.2) is 0 Å². The molecule has 6 nitrogen and oxygen atoms in total. The highest BCUT2D eigenvalue weighted by Crippen LogP contribution is 2.17. The molecule has 0 aliphatic heterocycles. The van der Waals surface area contributed by atoms with Gasteiger partial charge in [0.2, 0.25) is 10.0 Å². The summed E-state index contributed by atoms with van der Waals surface area (Å²) in [6.07, 6.45) is 0. The van der Waals surface area contributed by atoms with Gasteiger partial charge >= 0.3 is 0 Å². The molecule has 7 heteroatoms. The Morgan fingerprint density at radius 1 is 1.40 bits per heavy atom. The van der Waals surface area contributed by atoms with E-state index in [1.807, 2.05) is 6.07 Å². The summed E-state index contributed by atoms with van der Waals surface area (Å²) in [5, 5.41) is 12.6. The smallest absolute Gasteiger partial charge is 0.243 e. The standard InChI is InChI=1S/C13H13N3O3S/c1-10-6-12(15-19-10)9-16(2)20(17,18)13-5-3-4-11(7-13)8-14/h3-7H,9H2,1-2H3. The summed E-state index contributed by atoms with van der Waals surface area (Å²) in [5.41, 5.74) is 0.835. The van der Waals surface area contributed by atoms with Crippen molar-refractivity contribution in [2.24, 2.45) is 0 Å². The fourth-order valence-corrected chi connectivity index (χ4v) is 2.90.